The minimum atomic E-state index is -0.234. The number of amides is 1. The van der Waals surface area contributed by atoms with Crippen LogP contribution in [-0.4, -0.2) is 30.6 Å². The van der Waals surface area contributed by atoms with Crippen LogP contribution >= 0.6 is 11.3 Å². The predicted molar refractivity (Wildman–Crippen MR) is 83.3 cm³/mol. The number of hydrogen-bond acceptors (Lipinski definition) is 4. The summed E-state index contributed by atoms with van der Waals surface area (Å²) >= 11 is 1.71. The summed E-state index contributed by atoms with van der Waals surface area (Å²) in [5.41, 5.74) is 1.01. The third-order valence-electron chi connectivity index (χ3n) is 3.53. The van der Waals surface area contributed by atoms with E-state index < -0.39 is 0 Å². The minimum absolute atomic E-state index is 0.211. The summed E-state index contributed by atoms with van der Waals surface area (Å²) in [7, 11) is 0. The van der Waals surface area contributed by atoms with Crippen molar-refractivity contribution in [2.75, 3.05) is 19.6 Å². The highest BCUT2D eigenvalue weighted by Gasteiger charge is 2.25. The fourth-order valence-electron chi connectivity index (χ4n) is 2.41. The topological polar surface area (TPSA) is 41.6 Å². The molecule has 0 spiro atoms. The number of rotatable bonds is 3. The molecule has 1 atom stereocenters. The Morgan fingerprint density at radius 1 is 1.29 bits per heavy atom. The number of carbonyl (C=O) groups is 1. The van der Waals surface area contributed by atoms with Crippen molar-refractivity contribution >= 4 is 17.4 Å². The zero-order valence-electron chi connectivity index (χ0n) is 11.7. The molecule has 0 aliphatic carbocycles. The van der Waals surface area contributed by atoms with Crippen LogP contribution in [0.1, 0.15) is 16.5 Å². The molecule has 0 unspecified atom stereocenters. The molecule has 0 radical (unpaired) electrons. The standard InChI is InChI=1S/C16H18N2O2S/c19-16(20-12-13-5-2-1-3-6-13)18-9-8-17-14(11-18)15-7-4-10-21-15/h1-7,10,14,17H,8-9,11-12H2/t14-/m0/s1. The van der Waals surface area contributed by atoms with Gasteiger partial charge < -0.3 is 15.0 Å². The molecule has 1 saturated heterocycles. The van der Waals surface area contributed by atoms with Crippen LogP contribution in [0.4, 0.5) is 4.79 Å². The maximum absolute atomic E-state index is 12.2. The van der Waals surface area contributed by atoms with Gasteiger partial charge in [0.15, 0.2) is 0 Å². The maximum Gasteiger partial charge on any atom is 0.410 e. The molecule has 1 aromatic heterocycles. The minimum Gasteiger partial charge on any atom is -0.445 e. The van der Waals surface area contributed by atoms with Crippen molar-refractivity contribution in [3.63, 3.8) is 0 Å². The summed E-state index contributed by atoms with van der Waals surface area (Å²) in [5, 5.41) is 5.50. The number of carbonyl (C=O) groups excluding carboxylic acids is 1. The Morgan fingerprint density at radius 3 is 2.90 bits per heavy atom. The molecule has 3 rings (SSSR count). The van der Waals surface area contributed by atoms with Crippen molar-refractivity contribution in [2.45, 2.75) is 12.6 Å². The van der Waals surface area contributed by atoms with E-state index in [-0.39, 0.29) is 12.1 Å². The highest BCUT2D eigenvalue weighted by Crippen LogP contribution is 2.22. The second-order valence-corrected chi connectivity index (χ2v) is 5.99. The third-order valence-corrected chi connectivity index (χ3v) is 4.51. The largest absolute Gasteiger partial charge is 0.445 e. The second kappa shape index (κ2) is 6.74. The van der Waals surface area contributed by atoms with E-state index in [4.69, 9.17) is 4.74 Å². The molecule has 0 bridgehead atoms. The molecule has 1 N–H and O–H groups in total. The normalized spacial score (nSPS) is 18.5. The number of ether oxygens (including phenoxy) is 1. The van der Waals surface area contributed by atoms with E-state index in [0.29, 0.717) is 19.7 Å². The number of hydrogen-bond donors (Lipinski definition) is 1. The van der Waals surface area contributed by atoms with Crippen LogP contribution < -0.4 is 5.32 Å². The number of nitrogens with zero attached hydrogens (tertiary/aromatic N) is 1. The molecular formula is C16H18N2O2S. The first kappa shape index (κ1) is 14.1. The summed E-state index contributed by atoms with van der Waals surface area (Å²) < 4.78 is 5.40. The van der Waals surface area contributed by atoms with Crippen LogP contribution in [0.3, 0.4) is 0 Å². The lowest BCUT2D eigenvalue weighted by Gasteiger charge is -2.32. The predicted octanol–water partition coefficient (Wildman–Crippen LogP) is 3.03. The Bertz CT molecular complexity index is 571. The van der Waals surface area contributed by atoms with Crippen molar-refractivity contribution < 1.29 is 9.53 Å². The Balaban J connectivity index is 1.55. The summed E-state index contributed by atoms with van der Waals surface area (Å²) in [6.45, 7) is 2.47. The van der Waals surface area contributed by atoms with Gasteiger partial charge >= 0.3 is 6.09 Å². The van der Waals surface area contributed by atoms with Crippen LogP contribution in [-0.2, 0) is 11.3 Å². The lowest BCUT2D eigenvalue weighted by atomic mass is 10.2. The van der Waals surface area contributed by atoms with Gasteiger partial charge in [-0.15, -0.1) is 11.3 Å². The molecular weight excluding hydrogens is 284 g/mol. The Labute approximate surface area is 128 Å². The van der Waals surface area contributed by atoms with Gasteiger partial charge in [-0.05, 0) is 17.0 Å². The molecule has 110 valence electrons. The average molecular weight is 302 g/mol. The molecule has 21 heavy (non-hydrogen) atoms. The highest BCUT2D eigenvalue weighted by atomic mass is 32.1. The summed E-state index contributed by atoms with van der Waals surface area (Å²) in [5.74, 6) is 0. The second-order valence-electron chi connectivity index (χ2n) is 5.01. The highest BCUT2D eigenvalue weighted by molar-refractivity contribution is 7.10. The summed E-state index contributed by atoms with van der Waals surface area (Å²) in [4.78, 5) is 15.2. The van der Waals surface area contributed by atoms with Gasteiger partial charge in [-0.25, -0.2) is 4.79 Å². The maximum atomic E-state index is 12.2. The van der Waals surface area contributed by atoms with Crippen LogP contribution in [0.5, 0.6) is 0 Å². The Morgan fingerprint density at radius 2 is 2.14 bits per heavy atom. The monoisotopic (exact) mass is 302 g/mol. The molecule has 1 aliphatic heterocycles. The zero-order chi connectivity index (χ0) is 14.5. The smallest absolute Gasteiger partial charge is 0.410 e. The molecule has 4 nitrogen and oxygen atoms in total. The van der Waals surface area contributed by atoms with E-state index in [0.717, 1.165) is 12.1 Å². The Kier molecular flexibility index (Phi) is 4.52. The lowest BCUT2D eigenvalue weighted by molar-refractivity contribution is 0.0852. The zero-order valence-corrected chi connectivity index (χ0v) is 12.5. The first-order valence-electron chi connectivity index (χ1n) is 7.05. The van der Waals surface area contributed by atoms with E-state index >= 15 is 0 Å². The van der Waals surface area contributed by atoms with E-state index in [1.165, 1.54) is 4.88 Å². The number of piperazine rings is 1. The van der Waals surface area contributed by atoms with Crippen molar-refractivity contribution in [3.05, 3.63) is 58.3 Å². The molecule has 1 fully saturated rings. The van der Waals surface area contributed by atoms with Gasteiger partial charge in [-0.2, -0.15) is 0 Å². The van der Waals surface area contributed by atoms with Crippen LogP contribution in [0.2, 0.25) is 0 Å². The quantitative estimate of drug-likeness (QED) is 0.947. The van der Waals surface area contributed by atoms with Gasteiger partial charge in [-0.1, -0.05) is 36.4 Å². The van der Waals surface area contributed by atoms with Gasteiger partial charge in [0.05, 0.1) is 6.04 Å². The van der Waals surface area contributed by atoms with Crippen LogP contribution in [0.15, 0.2) is 47.8 Å². The van der Waals surface area contributed by atoms with Gasteiger partial charge in [-0.3, -0.25) is 0 Å². The van der Waals surface area contributed by atoms with Crippen molar-refractivity contribution in [2.24, 2.45) is 0 Å². The molecule has 1 aromatic carbocycles. The van der Waals surface area contributed by atoms with Gasteiger partial charge in [0.25, 0.3) is 0 Å². The fourth-order valence-corrected chi connectivity index (χ4v) is 3.20. The number of nitrogens with one attached hydrogen (secondary N) is 1. The fraction of sp³-hybridized carbons (Fsp3) is 0.312. The first-order valence-corrected chi connectivity index (χ1v) is 7.93. The third kappa shape index (κ3) is 3.62. The van der Waals surface area contributed by atoms with Gasteiger partial charge in [0.2, 0.25) is 0 Å². The number of thiophene rings is 1. The molecule has 1 aliphatic rings. The van der Waals surface area contributed by atoms with Crippen LogP contribution in [0, 0.1) is 0 Å². The van der Waals surface area contributed by atoms with Crippen LogP contribution in [0.25, 0.3) is 0 Å². The van der Waals surface area contributed by atoms with Crippen molar-refractivity contribution in [3.8, 4) is 0 Å². The van der Waals surface area contributed by atoms with Gasteiger partial charge in [0, 0.05) is 24.5 Å². The molecule has 1 amide bonds. The Hall–Kier alpha value is -1.85. The van der Waals surface area contributed by atoms with E-state index in [2.05, 4.69) is 16.8 Å². The summed E-state index contributed by atoms with van der Waals surface area (Å²) in [6, 6.07) is 14.1. The van der Waals surface area contributed by atoms with E-state index in [1.54, 1.807) is 16.2 Å². The van der Waals surface area contributed by atoms with Crippen molar-refractivity contribution in [1.82, 2.24) is 10.2 Å². The molecule has 2 heterocycles. The molecule has 2 aromatic rings. The lowest BCUT2D eigenvalue weighted by Crippen LogP contribution is -2.48. The molecule has 0 saturated carbocycles. The summed E-state index contributed by atoms with van der Waals surface area (Å²) in [6.07, 6.45) is -0.234. The van der Waals surface area contributed by atoms with E-state index in [1.807, 2.05) is 36.4 Å². The van der Waals surface area contributed by atoms with E-state index in [9.17, 15) is 4.79 Å². The average Bonchev–Trinajstić information content (AvgIpc) is 3.08. The number of benzene rings is 1. The van der Waals surface area contributed by atoms with Crippen molar-refractivity contribution in [1.29, 1.82) is 0 Å². The first-order chi connectivity index (χ1) is 10.3. The van der Waals surface area contributed by atoms with Gasteiger partial charge in [0.1, 0.15) is 6.61 Å². The SMILES string of the molecule is O=C(OCc1ccccc1)N1CCN[C@H](c2cccs2)C1. The molecule has 5 heteroatoms.